The molecule has 0 aromatic carbocycles. The number of ether oxygens (including phenoxy) is 2. The Morgan fingerprint density at radius 1 is 1.53 bits per heavy atom. The second-order valence-corrected chi connectivity index (χ2v) is 3.76. The first-order chi connectivity index (χ1) is 7.08. The van der Waals surface area contributed by atoms with Gasteiger partial charge in [0, 0.05) is 13.2 Å². The van der Waals surface area contributed by atoms with E-state index in [4.69, 9.17) is 4.74 Å². The monoisotopic (exact) mass is 215 g/mol. The summed E-state index contributed by atoms with van der Waals surface area (Å²) in [5.41, 5.74) is -0.712. The summed E-state index contributed by atoms with van der Waals surface area (Å²) >= 11 is 0. The van der Waals surface area contributed by atoms with Crippen molar-refractivity contribution >= 4 is 11.9 Å². The summed E-state index contributed by atoms with van der Waals surface area (Å²) in [6.07, 6.45) is 1.83. The van der Waals surface area contributed by atoms with E-state index in [-0.39, 0.29) is 18.3 Å². The van der Waals surface area contributed by atoms with Crippen molar-refractivity contribution in [2.45, 2.75) is 31.8 Å². The van der Waals surface area contributed by atoms with Gasteiger partial charge in [-0.1, -0.05) is 0 Å². The van der Waals surface area contributed by atoms with Crippen molar-refractivity contribution in [3.63, 3.8) is 0 Å². The van der Waals surface area contributed by atoms with Gasteiger partial charge in [-0.15, -0.1) is 0 Å². The molecule has 0 aromatic rings. The fraction of sp³-hybridized carbons (Fsp3) is 0.800. The van der Waals surface area contributed by atoms with Crippen molar-refractivity contribution in [2.75, 3.05) is 20.3 Å². The second kappa shape index (κ2) is 5.11. The number of amides is 1. The van der Waals surface area contributed by atoms with Crippen LogP contribution in [0.5, 0.6) is 0 Å². The third-order valence-electron chi connectivity index (χ3n) is 2.54. The van der Waals surface area contributed by atoms with E-state index >= 15 is 0 Å². The molecule has 1 unspecified atom stereocenters. The Bertz CT molecular complexity index is 246. The van der Waals surface area contributed by atoms with Crippen molar-refractivity contribution in [3.8, 4) is 0 Å². The molecule has 1 saturated heterocycles. The molecule has 1 fully saturated rings. The highest BCUT2D eigenvalue weighted by Crippen LogP contribution is 2.24. The molecular weight excluding hydrogens is 198 g/mol. The van der Waals surface area contributed by atoms with Gasteiger partial charge in [-0.25, -0.2) is 0 Å². The Morgan fingerprint density at radius 2 is 2.27 bits per heavy atom. The minimum absolute atomic E-state index is 0.149. The number of rotatable bonds is 4. The predicted molar refractivity (Wildman–Crippen MR) is 53.2 cm³/mol. The number of hydrogen-bond acceptors (Lipinski definition) is 4. The van der Waals surface area contributed by atoms with Crippen LogP contribution in [0, 0.1) is 0 Å². The van der Waals surface area contributed by atoms with E-state index in [9.17, 15) is 9.59 Å². The highest BCUT2D eigenvalue weighted by molar-refractivity contribution is 5.85. The van der Waals surface area contributed by atoms with Crippen molar-refractivity contribution in [3.05, 3.63) is 0 Å². The van der Waals surface area contributed by atoms with Crippen LogP contribution in [0.4, 0.5) is 0 Å². The molecule has 0 aliphatic carbocycles. The van der Waals surface area contributed by atoms with Crippen LogP contribution in [0.3, 0.4) is 0 Å². The largest absolute Gasteiger partial charge is 0.469 e. The first-order valence-electron chi connectivity index (χ1n) is 5.07. The van der Waals surface area contributed by atoms with Crippen LogP contribution in [-0.2, 0) is 19.1 Å². The van der Waals surface area contributed by atoms with Crippen molar-refractivity contribution in [1.82, 2.24) is 5.32 Å². The van der Waals surface area contributed by atoms with Crippen LogP contribution in [0.1, 0.15) is 26.2 Å². The molecule has 1 atom stereocenters. The van der Waals surface area contributed by atoms with E-state index in [1.807, 2.05) is 0 Å². The highest BCUT2D eigenvalue weighted by atomic mass is 16.5. The number of hydrogen-bond donors (Lipinski definition) is 1. The van der Waals surface area contributed by atoms with Crippen LogP contribution < -0.4 is 5.32 Å². The third kappa shape index (κ3) is 3.20. The van der Waals surface area contributed by atoms with Crippen molar-refractivity contribution in [1.29, 1.82) is 0 Å². The van der Waals surface area contributed by atoms with Crippen LogP contribution in [-0.4, -0.2) is 37.7 Å². The molecule has 1 heterocycles. The lowest BCUT2D eigenvalue weighted by molar-refractivity contribution is -0.141. The number of nitrogens with one attached hydrogen (secondary N) is 1. The average molecular weight is 215 g/mol. The molecule has 0 saturated carbocycles. The normalized spacial score (nSPS) is 24.9. The summed E-state index contributed by atoms with van der Waals surface area (Å²) in [4.78, 5) is 22.4. The molecule has 0 bridgehead atoms. The smallest absolute Gasteiger partial charge is 0.307 e. The summed E-state index contributed by atoms with van der Waals surface area (Å²) < 4.78 is 9.82. The predicted octanol–water partition coefficient (Wildman–Crippen LogP) is 0.235. The molecule has 5 heteroatoms. The zero-order valence-electron chi connectivity index (χ0n) is 9.17. The van der Waals surface area contributed by atoms with Gasteiger partial charge in [-0.2, -0.15) is 0 Å². The summed E-state index contributed by atoms with van der Waals surface area (Å²) in [7, 11) is 1.32. The second-order valence-electron chi connectivity index (χ2n) is 3.76. The molecule has 1 aliphatic heterocycles. The van der Waals surface area contributed by atoms with Gasteiger partial charge >= 0.3 is 5.97 Å². The molecule has 0 radical (unpaired) electrons. The number of carbonyl (C=O) groups is 2. The standard InChI is InChI=1S/C10H17NO4/c1-10(5-3-7-15-10)9(13)11-6-4-8(12)14-2/h3-7H2,1-2H3,(H,11,13). The minimum Gasteiger partial charge on any atom is -0.469 e. The molecule has 1 aliphatic rings. The molecule has 86 valence electrons. The first kappa shape index (κ1) is 12.0. The van der Waals surface area contributed by atoms with E-state index in [0.717, 1.165) is 12.8 Å². The lowest BCUT2D eigenvalue weighted by atomic mass is 10.0. The lowest BCUT2D eigenvalue weighted by Gasteiger charge is -2.21. The summed E-state index contributed by atoms with van der Waals surface area (Å²) in [6, 6.07) is 0. The fourth-order valence-corrected chi connectivity index (χ4v) is 1.53. The minimum atomic E-state index is -0.712. The van der Waals surface area contributed by atoms with E-state index in [2.05, 4.69) is 10.1 Å². The van der Waals surface area contributed by atoms with Gasteiger partial charge in [0.1, 0.15) is 5.60 Å². The van der Waals surface area contributed by atoms with Gasteiger partial charge in [0.2, 0.25) is 0 Å². The maximum absolute atomic E-state index is 11.6. The maximum atomic E-state index is 11.6. The molecule has 15 heavy (non-hydrogen) atoms. The van der Waals surface area contributed by atoms with Crippen LogP contribution in [0.2, 0.25) is 0 Å². The Kier molecular flexibility index (Phi) is 4.08. The van der Waals surface area contributed by atoms with Gasteiger partial charge in [0.05, 0.1) is 13.5 Å². The SMILES string of the molecule is COC(=O)CCNC(=O)C1(C)CCCO1. The van der Waals surface area contributed by atoms with E-state index in [1.165, 1.54) is 7.11 Å². The molecule has 1 N–H and O–H groups in total. The van der Waals surface area contributed by atoms with Gasteiger partial charge in [0.25, 0.3) is 5.91 Å². The average Bonchev–Trinajstić information content (AvgIpc) is 2.66. The molecule has 0 aromatic heterocycles. The maximum Gasteiger partial charge on any atom is 0.307 e. The van der Waals surface area contributed by atoms with Gasteiger partial charge < -0.3 is 14.8 Å². The Labute approximate surface area is 89.1 Å². The molecule has 1 amide bonds. The zero-order chi connectivity index (χ0) is 11.3. The summed E-state index contributed by atoms with van der Waals surface area (Å²) in [5, 5.41) is 2.67. The Morgan fingerprint density at radius 3 is 2.80 bits per heavy atom. The highest BCUT2D eigenvalue weighted by Gasteiger charge is 2.37. The topological polar surface area (TPSA) is 64.6 Å². The summed E-state index contributed by atoms with van der Waals surface area (Å²) in [5.74, 6) is -0.475. The third-order valence-corrected chi connectivity index (χ3v) is 2.54. The van der Waals surface area contributed by atoms with Crippen LogP contribution >= 0.6 is 0 Å². The fourth-order valence-electron chi connectivity index (χ4n) is 1.53. The first-order valence-corrected chi connectivity index (χ1v) is 5.07. The van der Waals surface area contributed by atoms with Crippen LogP contribution in [0.25, 0.3) is 0 Å². The molecule has 1 rings (SSSR count). The molecule has 0 spiro atoms. The van der Waals surface area contributed by atoms with Crippen molar-refractivity contribution in [2.24, 2.45) is 0 Å². The lowest BCUT2D eigenvalue weighted by Crippen LogP contribution is -2.44. The zero-order valence-corrected chi connectivity index (χ0v) is 9.17. The Hall–Kier alpha value is -1.10. The Balaban J connectivity index is 2.26. The van der Waals surface area contributed by atoms with Crippen molar-refractivity contribution < 1.29 is 19.1 Å². The number of carbonyl (C=O) groups excluding carboxylic acids is 2. The van der Waals surface area contributed by atoms with Gasteiger partial charge in [0.15, 0.2) is 0 Å². The number of esters is 1. The van der Waals surface area contributed by atoms with Crippen LogP contribution in [0.15, 0.2) is 0 Å². The summed E-state index contributed by atoms with van der Waals surface area (Å²) in [6.45, 7) is 2.69. The molecular formula is C10H17NO4. The quantitative estimate of drug-likeness (QED) is 0.682. The van der Waals surface area contributed by atoms with Gasteiger partial charge in [-0.3, -0.25) is 9.59 Å². The number of methoxy groups -OCH3 is 1. The van der Waals surface area contributed by atoms with E-state index in [1.54, 1.807) is 6.92 Å². The van der Waals surface area contributed by atoms with E-state index in [0.29, 0.717) is 13.2 Å². The van der Waals surface area contributed by atoms with Gasteiger partial charge in [-0.05, 0) is 19.8 Å². The van der Waals surface area contributed by atoms with E-state index < -0.39 is 5.60 Å². The molecule has 5 nitrogen and oxygen atoms in total.